The number of hydrogen-bond acceptors (Lipinski definition) is 6. The van der Waals surface area contributed by atoms with Crippen molar-refractivity contribution in [3.05, 3.63) is 35.4 Å². The summed E-state index contributed by atoms with van der Waals surface area (Å²) in [5, 5.41) is 24.6. The van der Waals surface area contributed by atoms with Gasteiger partial charge in [-0.05, 0) is 27.7 Å². The zero-order valence-corrected chi connectivity index (χ0v) is 15.1. The van der Waals surface area contributed by atoms with E-state index in [-0.39, 0.29) is 11.1 Å². The normalized spacial score (nSPS) is 9.67. The second-order valence-corrected chi connectivity index (χ2v) is 4.73. The van der Waals surface area contributed by atoms with Crippen LogP contribution in [0.15, 0.2) is 24.3 Å². The molecule has 0 aliphatic heterocycles. The highest BCUT2D eigenvalue weighted by Crippen LogP contribution is 2.05. The van der Waals surface area contributed by atoms with Gasteiger partial charge in [0.25, 0.3) is 0 Å². The molecule has 0 saturated carbocycles. The molecule has 0 spiro atoms. The van der Waals surface area contributed by atoms with E-state index in [1.807, 2.05) is 10.0 Å². The quantitative estimate of drug-likeness (QED) is 0.542. The third-order valence-corrected chi connectivity index (χ3v) is 3.16. The molecule has 0 radical (unpaired) electrons. The van der Waals surface area contributed by atoms with Crippen LogP contribution in [0.5, 0.6) is 0 Å². The molecule has 0 aromatic heterocycles. The SMILES string of the molecule is CCN([NH3+])CC.CCN([NH3+])CC.O=C([O-])c1ccccc1C(=O)[O-]. The van der Waals surface area contributed by atoms with E-state index in [0.717, 1.165) is 38.3 Å². The molecule has 1 aromatic rings. The van der Waals surface area contributed by atoms with Gasteiger partial charge >= 0.3 is 0 Å². The van der Waals surface area contributed by atoms with Gasteiger partial charge in [0.1, 0.15) is 0 Å². The van der Waals surface area contributed by atoms with Gasteiger partial charge in [-0.1, -0.05) is 24.3 Å². The molecular weight excluding hydrogens is 312 g/mol. The van der Waals surface area contributed by atoms with E-state index in [1.165, 1.54) is 12.1 Å². The summed E-state index contributed by atoms with van der Waals surface area (Å²) in [5.74, 6) is 4.38. The van der Waals surface area contributed by atoms with Crippen molar-refractivity contribution in [3.63, 3.8) is 0 Å². The van der Waals surface area contributed by atoms with Crippen molar-refractivity contribution in [2.24, 2.45) is 0 Å². The molecule has 8 heteroatoms. The van der Waals surface area contributed by atoms with E-state index in [1.54, 1.807) is 0 Å². The average Bonchev–Trinajstić information content (AvgIpc) is 2.61. The van der Waals surface area contributed by atoms with Gasteiger partial charge in [0, 0.05) is 37.3 Å². The Morgan fingerprint density at radius 1 is 0.792 bits per heavy atom. The number of benzene rings is 1. The zero-order chi connectivity index (χ0) is 19.1. The van der Waals surface area contributed by atoms with Crippen molar-refractivity contribution < 1.29 is 31.5 Å². The minimum atomic E-state index is -1.52. The Kier molecular flexibility index (Phi) is 14.7. The molecule has 0 aliphatic carbocycles. The van der Waals surface area contributed by atoms with Gasteiger partial charge in [-0.25, -0.2) is 0 Å². The molecule has 1 aromatic carbocycles. The Balaban J connectivity index is 0. The minimum absolute atomic E-state index is 0.363. The van der Waals surface area contributed by atoms with E-state index in [9.17, 15) is 19.8 Å². The highest BCUT2D eigenvalue weighted by Gasteiger charge is 2.01. The Hall–Kier alpha value is -2.00. The molecule has 8 nitrogen and oxygen atoms in total. The van der Waals surface area contributed by atoms with Crippen molar-refractivity contribution >= 4 is 11.9 Å². The summed E-state index contributed by atoms with van der Waals surface area (Å²) in [6.45, 7) is 12.6. The molecule has 0 saturated heterocycles. The first-order valence-corrected chi connectivity index (χ1v) is 7.87. The molecule has 0 unspecified atom stereocenters. The molecule has 0 atom stereocenters. The van der Waals surface area contributed by atoms with Crippen LogP contribution in [0.1, 0.15) is 48.4 Å². The van der Waals surface area contributed by atoms with Crippen LogP contribution in [0.2, 0.25) is 0 Å². The smallest absolute Gasteiger partial charge is 0.0721 e. The molecular formula is C16H30N4O4. The molecule has 0 amide bonds. The zero-order valence-electron chi connectivity index (χ0n) is 15.1. The lowest BCUT2D eigenvalue weighted by molar-refractivity contribution is -0.573. The fourth-order valence-electron chi connectivity index (χ4n) is 1.29. The van der Waals surface area contributed by atoms with Gasteiger partial charge in [0.2, 0.25) is 0 Å². The maximum atomic E-state index is 10.3. The molecule has 6 N–H and O–H groups in total. The highest BCUT2D eigenvalue weighted by molar-refractivity contribution is 5.99. The summed E-state index contributed by atoms with van der Waals surface area (Å²) < 4.78 is 0. The molecule has 0 fully saturated rings. The van der Waals surface area contributed by atoms with Gasteiger partial charge in [0.05, 0.1) is 11.9 Å². The predicted octanol–water partition coefficient (Wildman–Crippen LogP) is -2.62. The van der Waals surface area contributed by atoms with Crippen LogP contribution >= 0.6 is 0 Å². The largest absolute Gasteiger partial charge is 0.545 e. The fourth-order valence-corrected chi connectivity index (χ4v) is 1.29. The van der Waals surface area contributed by atoms with Crippen LogP contribution < -0.4 is 21.9 Å². The lowest BCUT2D eigenvalue weighted by Gasteiger charge is -2.09. The molecule has 138 valence electrons. The number of nitrogens with zero attached hydrogens (tertiary/aromatic N) is 2. The molecule has 0 heterocycles. The van der Waals surface area contributed by atoms with Crippen LogP contribution in [-0.2, 0) is 0 Å². The number of quaternary nitrogens is 2. The summed E-state index contributed by atoms with van der Waals surface area (Å²) >= 11 is 0. The number of carbonyl (C=O) groups excluding carboxylic acids is 2. The van der Waals surface area contributed by atoms with Crippen molar-refractivity contribution in [1.29, 1.82) is 0 Å². The number of carbonyl (C=O) groups is 2. The molecule has 0 aliphatic rings. The summed E-state index contributed by atoms with van der Waals surface area (Å²) in [6.07, 6.45) is 0. The third-order valence-electron chi connectivity index (χ3n) is 3.16. The van der Waals surface area contributed by atoms with Crippen molar-refractivity contribution in [1.82, 2.24) is 10.0 Å². The summed E-state index contributed by atoms with van der Waals surface area (Å²) in [7, 11) is 0. The molecule has 1 rings (SSSR count). The van der Waals surface area contributed by atoms with Crippen LogP contribution in [0, 0.1) is 0 Å². The Labute approximate surface area is 143 Å². The van der Waals surface area contributed by atoms with Crippen LogP contribution in [0.4, 0.5) is 0 Å². The van der Waals surface area contributed by atoms with E-state index < -0.39 is 11.9 Å². The topological polar surface area (TPSA) is 142 Å². The van der Waals surface area contributed by atoms with E-state index >= 15 is 0 Å². The predicted molar refractivity (Wildman–Crippen MR) is 86.7 cm³/mol. The Morgan fingerprint density at radius 3 is 1.17 bits per heavy atom. The second-order valence-electron chi connectivity index (χ2n) is 4.73. The number of aromatic carboxylic acids is 2. The lowest BCUT2D eigenvalue weighted by Crippen LogP contribution is -2.67. The Morgan fingerprint density at radius 2 is 1.04 bits per heavy atom. The van der Waals surface area contributed by atoms with Gasteiger partial charge in [-0.2, -0.15) is 10.0 Å². The number of carboxylic acid groups (broad SMARTS) is 2. The minimum Gasteiger partial charge on any atom is -0.545 e. The average molecular weight is 342 g/mol. The molecule has 0 bridgehead atoms. The van der Waals surface area contributed by atoms with E-state index in [4.69, 9.17) is 0 Å². The number of hydrogen-bond donors (Lipinski definition) is 2. The maximum absolute atomic E-state index is 10.3. The fraction of sp³-hybridized carbons (Fsp3) is 0.500. The Bertz CT molecular complexity index is 432. The summed E-state index contributed by atoms with van der Waals surface area (Å²) in [5.41, 5.74) is -0.727. The second kappa shape index (κ2) is 14.6. The first-order valence-electron chi connectivity index (χ1n) is 7.87. The van der Waals surface area contributed by atoms with Crippen molar-refractivity contribution in [2.75, 3.05) is 26.2 Å². The maximum Gasteiger partial charge on any atom is 0.0721 e. The first-order chi connectivity index (χ1) is 11.2. The number of rotatable bonds is 6. The highest BCUT2D eigenvalue weighted by atomic mass is 16.4. The van der Waals surface area contributed by atoms with Crippen molar-refractivity contribution in [2.45, 2.75) is 27.7 Å². The lowest BCUT2D eigenvalue weighted by atomic mass is 10.1. The number of carboxylic acids is 2. The van der Waals surface area contributed by atoms with E-state index in [2.05, 4.69) is 39.4 Å². The summed E-state index contributed by atoms with van der Waals surface area (Å²) in [4.78, 5) is 20.6. The first kappa shape index (κ1) is 24.3. The van der Waals surface area contributed by atoms with Gasteiger partial charge in [0.15, 0.2) is 0 Å². The van der Waals surface area contributed by atoms with Gasteiger partial charge in [-0.15, -0.1) is 0 Å². The summed E-state index contributed by atoms with van der Waals surface area (Å²) in [6, 6.07) is 5.14. The van der Waals surface area contributed by atoms with E-state index in [0.29, 0.717) is 0 Å². The van der Waals surface area contributed by atoms with Crippen molar-refractivity contribution in [3.8, 4) is 0 Å². The van der Waals surface area contributed by atoms with Gasteiger partial charge in [-0.3, -0.25) is 11.7 Å². The monoisotopic (exact) mass is 342 g/mol. The van der Waals surface area contributed by atoms with Crippen LogP contribution in [0.3, 0.4) is 0 Å². The van der Waals surface area contributed by atoms with Crippen LogP contribution in [0.25, 0.3) is 0 Å². The van der Waals surface area contributed by atoms with Gasteiger partial charge < -0.3 is 19.8 Å². The standard InChI is InChI=1S/C8H6O4.2C4H12N2/c9-7(10)5-3-1-2-4-6(5)8(11)12;2*1-3-6(5)4-2/h1-4H,(H,9,10)(H,11,12);2*3-5H2,1-2H3. The molecule has 24 heavy (non-hydrogen) atoms. The third kappa shape index (κ3) is 11.6. The van der Waals surface area contributed by atoms with Crippen LogP contribution in [-0.4, -0.2) is 48.1 Å².